The van der Waals surface area contributed by atoms with Crippen LogP contribution in [0, 0.1) is 10.1 Å². The second-order valence-electron chi connectivity index (χ2n) is 4.73. The molecule has 0 saturated heterocycles. The van der Waals surface area contributed by atoms with Crippen LogP contribution < -0.4 is 4.74 Å². The van der Waals surface area contributed by atoms with Crippen LogP contribution in [0.3, 0.4) is 0 Å². The van der Waals surface area contributed by atoms with Gasteiger partial charge in [-0.2, -0.15) is 13.2 Å². The molecule has 0 bridgehead atoms. The number of hydrogen-bond acceptors (Lipinski definition) is 5. The van der Waals surface area contributed by atoms with E-state index in [4.69, 9.17) is 0 Å². The molecule has 0 unspecified atom stereocenters. The fourth-order valence-corrected chi connectivity index (χ4v) is 1.96. The number of benzene rings is 1. The largest absolute Gasteiger partial charge is 0.423 e. The first-order chi connectivity index (χ1) is 11.3. The number of hydrogen-bond donors (Lipinski definition) is 0. The van der Waals surface area contributed by atoms with Crippen molar-refractivity contribution in [3.8, 4) is 5.88 Å². The lowest BCUT2D eigenvalue weighted by Gasteiger charge is -2.09. The molecule has 1 heterocycles. The van der Waals surface area contributed by atoms with Crippen molar-refractivity contribution in [3.05, 3.63) is 63.8 Å². The van der Waals surface area contributed by atoms with Gasteiger partial charge in [-0.25, -0.2) is 4.98 Å². The van der Waals surface area contributed by atoms with Crippen molar-refractivity contribution < 1.29 is 27.6 Å². The van der Waals surface area contributed by atoms with E-state index in [9.17, 15) is 28.1 Å². The molecular weight excluding hydrogens is 329 g/mol. The van der Waals surface area contributed by atoms with E-state index in [1.54, 1.807) is 30.3 Å². The van der Waals surface area contributed by atoms with Gasteiger partial charge in [-0.15, -0.1) is 0 Å². The maximum absolute atomic E-state index is 12.8. The molecule has 6 nitrogen and oxygen atoms in total. The predicted molar refractivity (Wildman–Crippen MR) is 76.3 cm³/mol. The lowest BCUT2D eigenvalue weighted by Crippen LogP contribution is -2.15. The average molecular weight is 340 g/mol. The number of carbonyl (C=O) groups excluding carboxylic acids is 1. The Hall–Kier alpha value is -2.97. The van der Waals surface area contributed by atoms with E-state index in [1.165, 1.54) is 0 Å². The highest BCUT2D eigenvalue weighted by Crippen LogP contribution is 2.39. The monoisotopic (exact) mass is 340 g/mol. The van der Waals surface area contributed by atoms with Crippen molar-refractivity contribution >= 4 is 11.7 Å². The normalized spacial score (nSPS) is 11.1. The Bertz CT molecular complexity index is 748. The summed E-state index contributed by atoms with van der Waals surface area (Å²) in [6.07, 6.45) is -4.13. The standard InChI is InChI=1S/C15H11F3N2O4/c16-15(17,18)11-8-9-19-14(13(11)20(22)23)24-12(21)7-6-10-4-2-1-3-5-10/h1-5,8-9H,6-7H2. The van der Waals surface area contributed by atoms with E-state index in [-0.39, 0.29) is 12.8 Å². The first-order valence-electron chi connectivity index (χ1n) is 6.74. The minimum absolute atomic E-state index is 0.154. The van der Waals surface area contributed by atoms with Gasteiger partial charge in [-0.1, -0.05) is 30.3 Å². The molecule has 0 aliphatic heterocycles. The van der Waals surface area contributed by atoms with Crippen LogP contribution >= 0.6 is 0 Å². The van der Waals surface area contributed by atoms with Gasteiger partial charge in [-0.05, 0) is 18.1 Å². The first-order valence-corrected chi connectivity index (χ1v) is 6.74. The average Bonchev–Trinajstić information content (AvgIpc) is 2.52. The Morgan fingerprint density at radius 3 is 2.46 bits per heavy atom. The topological polar surface area (TPSA) is 82.3 Å². The van der Waals surface area contributed by atoms with Crippen LogP contribution in [-0.4, -0.2) is 15.9 Å². The van der Waals surface area contributed by atoms with Crippen LogP contribution in [0.4, 0.5) is 18.9 Å². The molecule has 1 aromatic carbocycles. The van der Waals surface area contributed by atoms with Gasteiger partial charge in [0, 0.05) is 6.20 Å². The summed E-state index contributed by atoms with van der Waals surface area (Å²) in [5.74, 6) is -1.87. The predicted octanol–water partition coefficient (Wildman–Crippen LogP) is 3.55. The summed E-state index contributed by atoms with van der Waals surface area (Å²) in [5.41, 5.74) is -2.08. The quantitative estimate of drug-likeness (QED) is 0.472. The summed E-state index contributed by atoms with van der Waals surface area (Å²) in [5, 5.41) is 10.9. The molecule has 9 heteroatoms. The summed E-state index contributed by atoms with van der Waals surface area (Å²) in [4.78, 5) is 24.8. The number of nitro groups is 1. The molecule has 2 rings (SSSR count). The van der Waals surface area contributed by atoms with Crippen LogP contribution in [-0.2, 0) is 17.4 Å². The second-order valence-corrected chi connectivity index (χ2v) is 4.73. The Labute approximate surface area is 134 Å². The SMILES string of the molecule is O=C(CCc1ccccc1)Oc1nccc(C(F)(F)F)c1[N+](=O)[O-]. The van der Waals surface area contributed by atoms with E-state index < -0.39 is 34.2 Å². The van der Waals surface area contributed by atoms with Gasteiger partial charge in [0.15, 0.2) is 0 Å². The maximum atomic E-state index is 12.8. The zero-order chi connectivity index (χ0) is 17.7. The van der Waals surface area contributed by atoms with Gasteiger partial charge in [0.25, 0.3) is 0 Å². The van der Waals surface area contributed by atoms with Gasteiger partial charge in [-0.3, -0.25) is 14.9 Å². The number of aryl methyl sites for hydroxylation is 1. The van der Waals surface area contributed by atoms with Crippen LogP contribution in [0.1, 0.15) is 17.5 Å². The molecule has 0 fully saturated rings. The van der Waals surface area contributed by atoms with Gasteiger partial charge in [0.05, 0.1) is 11.3 Å². The number of carbonyl (C=O) groups is 1. The van der Waals surface area contributed by atoms with Crippen LogP contribution in [0.15, 0.2) is 42.6 Å². The highest BCUT2D eigenvalue weighted by atomic mass is 19.4. The molecule has 24 heavy (non-hydrogen) atoms. The first kappa shape index (κ1) is 17.4. The van der Waals surface area contributed by atoms with Crippen molar-refractivity contribution in [2.24, 2.45) is 0 Å². The maximum Gasteiger partial charge on any atom is 0.423 e. The summed E-state index contributed by atoms with van der Waals surface area (Å²) >= 11 is 0. The highest BCUT2D eigenvalue weighted by molar-refractivity contribution is 5.73. The Morgan fingerprint density at radius 1 is 1.21 bits per heavy atom. The molecule has 0 aliphatic carbocycles. The highest BCUT2D eigenvalue weighted by Gasteiger charge is 2.41. The van der Waals surface area contributed by atoms with E-state index in [0.717, 1.165) is 5.56 Å². The molecule has 0 radical (unpaired) electrons. The number of halogens is 3. The third-order valence-electron chi connectivity index (χ3n) is 3.05. The summed E-state index contributed by atoms with van der Waals surface area (Å²) in [6, 6.07) is 9.30. The number of rotatable bonds is 5. The van der Waals surface area contributed by atoms with Gasteiger partial charge in [0.2, 0.25) is 0 Å². The van der Waals surface area contributed by atoms with E-state index >= 15 is 0 Å². The van der Waals surface area contributed by atoms with E-state index in [2.05, 4.69) is 9.72 Å². The van der Waals surface area contributed by atoms with Crippen LogP contribution in [0.2, 0.25) is 0 Å². The third-order valence-corrected chi connectivity index (χ3v) is 3.05. The van der Waals surface area contributed by atoms with E-state index in [0.29, 0.717) is 12.3 Å². The molecular formula is C15H11F3N2O4. The fourth-order valence-electron chi connectivity index (χ4n) is 1.96. The number of esters is 1. The van der Waals surface area contributed by atoms with E-state index in [1.807, 2.05) is 0 Å². The number of aromatic nitrogens is 1. The summed E-state index contributed by atoms with van der Waals surface area (Å²) in [6.45, 7) is 0. The zero-order valence-electron chi connectivity index (χ0n) is 12.1. The van der Waals surface area contributed by atoms with Gasteiger partial charge < -0.3 is 4.74 Å². The molecule has 126 valence electrons. The molecule has 0 amide bonds. The molecule has 0 N–H and O–H groups in total. The summed E-state index contributed by atoms with van der Waals surface area (Å²) < 4.78 is 43.1. The van der Waals surface area contributed by atoms with Gasteiger partial charge in [0.1, 0.15) is 5.56 Å². The van der Waals surface area contributed by atoms with Gasteiger partial charge >= 0.3 is 23.7 Å². The molecule has 1 aromatic heterocycles. The number of alkyl halides is 3. The minimum Gasteiger partial charge on any atom is -0.401 e. The van der Waals surface area contributed by atoms with Crippen molar-refractivity contribution in [1.29, 1.82) is 0 Å². The third kappa shape index (κ3) is 4.28. The smallest absolute Gasteiger partial charge is 0.401 e. The number of pyridine rings is 1. The Morgan fingerprint density at radius 2 is 1.88 bits per heavy atom. The second kappa shape index (κ2) is 7.07. The Kier molecular flexibility index (Phi) is 5.12. The fraction of sp³-hybridized carbons (Fsp3) is 0.200. The molecule has 0 aliphatic rings. The molecule has 2 aromatic rings. The van der Waals surface area contributed by atoms with Crippen LogP contribution in [0.25, 0.3) is 0 Å². The molecule has 0 atom stereocenters. The van der Waals surface area contributed by atoms with Crippen molar-refractivity contribution in [3.63, 3.8) is 0 Å². The lowest BCUT2D eigenvalue weighted by atomic mass is 10.1. The van der Waals surface area contributed by atoms with Crippen molar-refractivity contribution in [1.82, 2.24) is 4.98 Å². The Balaban J connectivity index is 2.17. The number of ether oxygens (including phenoxy) is 1. The number of nitrogens with zero attached hydrogens (tertiary/aromatic N) is 2. The lowest BCUT2D eigenvalue weighted by molar-refractivity contribution is -0.389. The minimum atomic E-state index is -4.96. The van der Waals surface area contributed by atoms with Crippen molar-refractivity contribution in [2.45, 2.75) is 19.0 Å². The molecule has 0 spiro atoms. The zero-order valence-corrected chi connectivity index (χ0v) is 12.1. The molecule has 0 saturated carbocycles. The van der Waals surface area contributed by atoms with Crippen molar-refractivity contribution in [2.75, 3.05) is 0 Å². The summed E-state index contributed by atoms with van der Waals surface area (Å²) in [7, 11) is 0. The van der Waals surface area contributed by atoms with Crippen LogP contribution in [0.5, 0.6) is 5.88 Å².